The predicted octanol–water partition coefficient (Wildman–Crippen LogP) is 7.05. The van der Waals surface area contributed by atoms with Crippen molar-refractivity contribution in [3.8, 4) is 33.5 Å². The molecule has 0 bridgehead atoms. The number of benzene rings is 3. The molecule has 1 aromatic heterocycles. The van der Waals surface area contributed by atoms with Crippen LogP contribution in [0.3, 0.4) is 0 Å². The van der Waals surface area contributed by atoms with Gasteiger partial charge in [0.05, 0.1) is 0 Å². The van der Waals surface area contributed by atoms with E-state index in [1.165, 1.54) is 61.3 Å². The minimum atomic E-state index is 1.24. The van der Waals surface area contributed by atoms with E-state index in [0.717, 1.165) is 0 Å². The van der Waals surface area contributed by atoms with E-state index in [1.807, 2.05) is 0 Å². The lowest BCUT2D eigenvalue weighted by Gasteiger charge is -2.14. The smallest absolute Gasteiger partial charge is 0.201 e. The summed E-state index contributed by atoms with van der Waals surface area (Å²) in [5, 5.41) is 0. The maximum Gasteiger partial charge on any atom is 0.213 e. The van der Waals surface area contributed by atoms with Gasteiger partial charge >= 0.3 is 0 Å². The Bertz CT molecular complexity index is 1250. The standard InChI is InChI=1S/C29H30N/c1-19-11-14-26(22(4)15-19)27-17-29(30(6)18-23(27)5)28-16-24(13-12-21(28)3)25-10-8-7-9-20(25)2/h7-18H,1-6H3/q+1. The molecule has 0 aliphatic carbocycles. The Morgan fingerprint density at radius 1 is 0.533 bits per heavy atom. The molecule has 0 saturated carbocycles. The van der Waals surface area contributed by atoms with Crippen molar-refractivity contribution >= 4 is 0 Å². The van der Waals surface area contributed by atoms with Crippen molar-refractivity contribution in [2.45, 2.75) is 34.6 Å². The summed E-state index contributed by atoms with van der Waals surface area (Å²) in [5.74, 6) is 0. The summed E-state index contributed by atoms with van der Waals surface area (Å²) in [6.45, 7) is 10.9. The normalized spacial score (nSPS) is 11.0. The minimum Gasteiger partial charge on any atom is -0.201 e. The van der Waals surface area contributed by atoms with E-state index < -0.39 is 0 Å². The third kappa shape index (κ3) is 3.68. The first-order chi connectivity index (χ1) is 14.3. The highest BCUT2D eigenvalue weighted by Crippen LogP contribution is 2.33. The van der Waals surface area contributed by atoms with Crippen molar-refractivity contribution in [2.75, 3.05) is 0 Å². The summed E-state index contributed by atoms with van der Waals surface area (Å²) in [6.07, 6.45) is 2.25. The van der Waals surface area contributed by atoms with Gasteiger partial charge in [0, 0.05) is 17.2 Å². The first-order valence-electron chi connectivity index (χ1n) is 10.6. The van der Waals surface area contributed by atoms with Gasteiger partial charge in [0.15, 0.2) is 6.20 Å². The SMILES string of the molecule is Cc1ccc(-c2cc(-c3cc(-c4ccccc4C)ccc3C)[n+](C)cc2C)c(C)c1. The van der Waals surface area contributed by atoms with E-state index in [-0.39, 0.29) is 0 Å². The molecule has 0 aliphatic heterocycles. The fourth-order valence-corrected chi connectivity index (χ4v) is 4.42. The lowest BCUT2D eigenvalue weighted by Crippen LogP contribution is -2.31. The largest absolute Gasteiger partial charge is 0.213 e. The third-order valence-corrected chi connectivity index (χ3v) is 6.11. The molecule has 30 heavy (non-hydrogen) atoms. The minimum absolute atomic E-state index is 1.24. The maximum absolute atomic E-state index is 2.36. The number of hydrogen-bond donors (Lipinski definition) is 0. The van der Waals surface area contributed by atoms with Crippen LogP contribution in [0.4, 0.5) is 0 Å². The van der Waals surface area contributed by atoms with E-state index >= 15 is 0 Å². The maximum atomic E-state index is 2.36. The van der Waals surface area contributed by atoms with E-state index in [9.17, 15) is 0 Å². The zero-order valence-corrected chi connectivity index (χ0v) is 18.9. The quantitative estimate of drug-likeness (QED) is 0.329. The molecule has 0 fully saturated rings. The second-order valence-electron chi connectivity index (χ2n) is 8.53. The van der Waals surface area contributed by atoms with E-state index in [1.54, 1.807) is 0 Å². The van der Waals surface area contributed by atoms with Crippen LogP contribution in [0.2, 0.25) is 0 Å². The lowest BCUT2D eigenvalue weighted by atomic mass is 9.92. The van der Waals surface area contributed by atoms with Crippen molar-refractivity contribution in [3.63, 3.8) is 0 Å². The van der Waals surface area contributed by atoms with Gasteiger partial charge in [0.1, 0.15) is 7.05 Å². The van der Waals surface area contributed by atoms with Gasteiger partial charge in [-0.3, -0.25) is 0 Å². The Labute approximate surface area is 180 Å². The molecule has 4 rings (SSSR count). The number of aromatic nitrogens is 1. The monoisotopic (exact) mass is 392 g/mol. The van der Waals surface area contributed by atoms with Gasteiger partial charge < -0.3 is 0 Å². The summed E-state index contributed by atoms with van der Waals surface area (Å²) < 4.78 is 2.26. The molecule has 0 spiro atoms. The van der Waals surface area contributed by atoms with Crippen LogP contribution in [0.5, 0.6) is 0 Å². The Morgan fingerprint density at radius 3 is 2.00 bits per heavy atom. The van der Waals surface area contributed by atoms with Crippen LogP contribution in [0, 0.1) is 34.6 Å². The van der Waals surface area contributed by atoms with Gasteiger partial charge in [-0.25, -0.2) is 4.57 Å². The first-order valence-corrected chi connectivity index (χ1v) is 10.6. The fourth-order valence-electron chi connectivity index (χ4n) is 4.42. The molecular weight excluding hydrogens is 362 g/mol. The highest BCUT2D eigenvalue weighted by atomic mass is 14.9. The van der Waals surface area contributed by atoms with Gasteiger partial charge in [0.2, 0.25) is 5.69 Å². The summed E-state index contributed by atoms with van der Waals surface area (Å²) in [5.41, 5.74) is 14.2. The average Bonchev–Trinajstić information content (AvgIpc) is 2.70. The third-order valence-electron chi connectivity index (χ3n) is 6.11. The number of rotatable bonds is 3. The Balaban J connectivity index is 1.91. The van der Waals surface area contributed by atoms with E-state index in [2.05, 4.69) is 119 Å². The van der Waals surface area contributed by atoms with Crippen LogP contribution in [-0.4, -0.2) is 0 Å². The van der Waals surface area contributed by atoms with Gasteiger partial charge in [-0.2, -0.15) is 0 Å². The summed E-state index contributed by atoms with van der Waals surface area (Å²) in [6, 6.07) is 24.5. The molecule has 0 saturated heterocycles. The molecule has 0 unspecified atom stereocenters. The second-order valence-corrected chi connectivity index (χ2v) is 8.53. The molecule has 0 aliphatic rings. The Hall–Kier alpha value is -3.19. The number of aryl methyl sites for hydroxylation is 6. The zero-order valence-electron chi connectivity index (χ0n) is 18.9. The molecule has 0 amide bonds. The fraction of sp³-hybridized carbons (Fsp3) is 0.207. The van der Waals surface area contributed by atoms with Gasteiger partial charge in [0.25, 0.3) is 0 Å². The molecule has 1 heteroatoms. The Kier molecular flexibility index (Phi) is 5.30. The van der Waals surface area contributed by atoms with Gasteiger partial charge in [-0.15, -0.1) is 0 Å². The highest BCUT2D eigenvalue weighted by Gasteiger charge is 2.18. The van der Waals surface area contributed by atoms with Crippen LogP contribution < -0.4 is 4.57 Å². The van der Waals surface area contributed by atoms with Gasteiger partial charge in [-0.1, -0.05) is 60.2 Å². The van der Waals surface area contributed by atoms with Crippen LogP contribution >= 0.6 is 0 Å². The molecule has 0 atom stereocenters. The molecule has 1 nitrogen and oxygen atoms in total. The molecule has 150 valence electrons. The molecule has 3 aromatic carbocycles. The summed E-state index contributed by atoms with van der Waals surface area (Å²) in [7, 11) is 2.15. The summed E-state index contributed by atoms with van der Waals surface area (Å²) >= 11 is 0. The molecule has 1 heterocycles. The van der Waals surface area contributed by atoms with Crippen LogP contribution in [0.15, 0.2) is 72.9 Å². The van der Waals surface area contributed by atoms with Crippen LogP contribution in [-0.2, 0) is 7.05 Å². The number of pyridine rings is 1. The lowest BCUT2D eigenvalue weighted by molar-refractivity contribution is -0.660. The van der Waals surface area contributed by atoms with E-state index in [4.69, 9.17) is 0 Å². The first kappa shape index (κ1) is 20.1. The highest BCUT2D eigenvalue weighted by molar-refractivity contribution is 5.78. The second kappa shape index (κ2) is 7.91. The van der Waals surface area contributed by atoms with Crippen molar-refractivity contribution in [1.29, 1.82) is 0 Å². The van der Waals surface area contributed by atoms with Crippen molar-refractivity contribution < 1.29 is 4.57 Å². The summed E-state index contributed by atoms with van der Waals surface area (Å²) in [4.78, 5) is 0. The topological polar surface area (TPSA) is 3.88 Å². The molecule has 4 aromatic rings. The average molecular weight is 393 g/mol. The zero-order chi connectivity index (χ0) is 21.4. The van der Waals surface area contributed by atoms with Crippen LogP contribution in [0.25, 0.3) is 33.5 Å². The predicted molar refractivity (Wildman–Crippen MR) is 128 cm³/mol. The number of nitrogens with zero attached hydrogens (tertiary/aromatic N) is 1. The Morgan fingerprint density at radius 2 is 1.27 bits per heavy atom. The number of hydrogen-bond acceptors (Lipinski definition) is 0. The van der Waals surface area contributed by atoms with Crippen molar-refractivity contribution in [2.24, 2.45) is 7.05 Å². The molecule has 0 radical (unpaired) electrons. The molecular formula is C29H30N+. The van der Waals surface area contributed by atoms with Gasteiger partial charge in [-0.05, 0) is 79.6 Å². The molecule has 0 N–H and O–H groups in total. The van der Waals surface area contributed by atoms with Crippen molar-refractivity contribution in [3.05, 3.63) is 101 Å². The van der Waals surface area contributed by atoms with E-state index in [0.29, 0.717) is 0 Å². The van der Waals surface area contributed by atoms with Crippen LogP contribution in [0.1, 0.15) is 27.8 Å². The van der Waals surface area contributed by atoms with Crippen molar-refractivity contribution in [1.82, 2.24) is 0 Å².